The fourth-order valence-electron chi connectivity index (χ4n) is 8.88. The minimum absolute atomic E-state index is 0.00214. The van der Waals surface area contributed by atoms with Gasteiger partial charge in [-0.3, -0.25) is 9.59 Å². The van der Waals surface area contributed by atoms with Crippen molar-refractivity contribution in [1.29, 1.82) is 0 Å². The Morgan fingerprint density at radius 3 is 1.93 bits per heavy atom. The number of likely N-dealkylation sites (tertiary alicyclic amines) is 1. The number of aromatic nitrogens is 8. The van der Waals surface area contributed by atoms with Crippen LogP contribution in [0.2, 0.25) is 10.6 Å². The van der Waals surface area contributed by atoms with E-state index in [1.165, 1.54) is 6.33 Å². The first-order valence-corrected chi connectivity index (χ1v) is 20.3. The van der Waals surface area contributed by atoms with Crippen LogP contribution in [0.15, 0.2) is 12.7 Å². The van der Waals surface area contributed by atoms with E-state index >= 15 is 0 Å². The molecule has 9 N–H and O–H groups in total. The van der Waals surface area contributed by atoms with Crippen LogP contribution in [0.25, 0.3) is 22.3 Å². The van der Waals surface area contributed by atoms with E-state index in [0.29, 0.717) is 59.9 Å². The van der Waals surface area contributed by atoms with Crippen molar-refractivity contribution in [3.05, 3.63) is 23.2 Å². The molecular formula is C35H46Cl2N14O7. The van der Waals surface area contributed by atoms with Crippen LogP contribution in [0.3, 0.4) is 0 Å². The third kappa shape index (κ3) is 8.28. The summed E-state index contributed by atoms with van der Waals surface area (Å²) in [4.78, 5) is 65.4. The van der Waals surface area contributed by atoms with Gasteiger partial charge in [-0.05, 0) is 81.0 Å². The van der Waals surface area contributed by atoms with Crippen LogP contribution in [-0.4, -0.2) is 151 Å². The molecule has 4 aromatic heterocycles. The first-order chi connectivity index (χ1) is 28.0. The molecule has 58 heavy (non-hydrogen) atoms. The van der Waals surface area contributed by atoms with Crippen molar-refractivity contribution in [2.45, 2.75) is 112 Å². The van der Waals surface area contributed by atoms with Gasteiger partial charge in [0.15, 0.2) is 34.0 Å². The second-order valence-electron chi connectivity index (χ2n) is 15.6. The van der Waals surface area contributed by atoms with Crippen LogP contribution in [0.5, 0.6) is 0 Å². The Bertz CT molecular complexity index is 2170. The van der Waals surface area contributed by atoms with Crippen LogP contribution >= 0.6 is 23.2 Å². The third-order valence-corrected chi connectivity index (χ3v) is 12.1. The van der Waals surface area contributed by atoms with E-state index in [0.717, 1.165) is 38.5 Å². The van der Waals surface area contributed by atoms with Gasteiger partial charge in [0.1, 0.15) is 25.4 Å². The number of urea groups is 1. The van der Waals surface area contributed by atoms with Crippen LogP contribution in [-0.2, 0) is 9.59 Å². The summed E-state index contributed by atoms with van der Waals surface area (Å²) in [5.41, 5.74) is 1.96. The van der Waals surface area contributed by atoms with E-state index in [1.807, 2.05) is 4.57 Å². The zero-order chi connectivity index (χ0) is 40.7. The highest BCUT2D eigenvalue weighted by Crippen LogP contribution is 2.36. The second kappa shape index (κ2) is 16.9. The summed E-state index contributed by atoms with van der Waals surface area (Å²) in [6, 6.07) is -1.63. The van der Waals surface area contributed by atoms with Gasteiger partial charge in [-0.25, -0.2) is 14.8 Å². The summed E-state index contributed by atoms with van der Waals surface area (Å²) in [5.74, 6) is -0.122. The van der Waals surface area contributed by atoms with Crippen molar-refractivity contribution in [3.8, 4) is 0 Å². The number of aliphatic hydroxyl groups excluding tert-OH is 4. The van der Waals surface area contributed by atoms with Gasteiger partial charge < -0.3 is 61.0 Å². The van der Waals surface area contributed by atoms with Gasteiger partial charge in [0.2, 0.25) is 22.4 Å². The van der Waals surface area contributed by atoms with Crippen LogP contribution in [0.4, 0.5) is 16.4 Å². The normalized spacial score (nSPS) is 28.6. The summed E-state index contributed by atoms with van der Waals surface area (Å²) < 4.78 is 3.58. The number of rotatable bonds is 11. The quantitative estimate of drug-likeness (QED) is 0.0915. The highest BCUT2D eigenvalue weighted by molar-refractivity contribution is 6.29. The van der Waals surface area contributed by atoms with E-state index < -0.39 is 43.4 Å². The third-order valence-electron chi connectivity index (χ3n) is 11.8. The molecule has 4 aromatic rings. The fraction of sp³-hybridized carbons (Fsp3) is 0.629. The molecule has 4 aliphatic rings. The second-order valence-corrected chi connectivity index (χ2v) is 16.2. The smallest absolute Gasteiger partial charge is 0.317 e. The monoisotopic (exact) mass is 844 g/mol. The van der Waals surface area contributed by atoms with Crippen molar-refractivity contribution in [3.63, 3.8) is 0 Å². The average Bonchev–Trinajstić information content (AvgIpc) is 4.06. The number of amides is 4. The summed E-state index contributed by atoms with van der Waals surface area (Å²) in [6.07, 6.45) is 6.93. The molecule has 5 heterocycles. The van der Waals surface area contributed by atoms with Crippen LogP contribution < -0.4 is 26.6 Å². The van der Waals surface area contributed by atoms with Gasteiger partial charge in [-0.1, -0.05) is 0 Å². The van der Waals surface area contributed by atoms with Crippen LogP contribution in [0.1, 0.15) is 69.9 Å². The molecule has 3 saturated carbocycles. The van der Waals surface area contributed by atoms with Crippen molar-refractivity contribution < 1.29 is 34.8 Å². The number of carbonyl (C=O) groups excluding carboxylic acids is 3. The minimum Gasteiger partial charge on any atom is -0.388 e. The molecule has 4 fully saturated rings. The molecule has 1 aliphatic heterocycles. The van der Waals surface area contributed by atoms with E-state index in [-0.39, 0.29) is 59.1 Å². The van der Waals surface area contributed by atoms with Gasteiger partial charge in [0.25, 0.3) is 0 Å². The molecule has 0 spiro atoms. The lowest BCUT2D eigenvalue weighted by Crippen LogP contribution is -2.46. The predicted molar refractivity (Wildman–Crippen MR) is 209 cm³/mol. The average molecular weight is 846 g/mol. The number of carbonyl (C=O) groups is 3. The summed E-state index contributed by atoms with van der Waals surface area (Å²) in [7, 11) is 0. The number of aliphatic hydroxyl groups is 4. The number of hydrogen-bond acceptors (Lipinski definition) is 15. The highest BCUT2D eigenvalue weighted by atomic mass is 35.5. The molecule has 7 atom stereocenters. The van der Waals surface area contributed by atoms with Gasteiger partial charge >= 0.3 is 6.03 Å². The van der Waals surface area contributed by atoms with Gasteiger partial charge in [0.05, 0.1) is 24.7 Å². The number of nitrogens with one attached hydrogen (secondary N) is 5. The Morgan fingerprint density at radius 1 is 0.672 bits per heavy atom. The fourth-order valence-corrected chi connectivity index (χ4v) is 9.21. The molecule has 3 aliphatic carbocycles. The number of halogens is 2. The zero-order valence-electron chi connectivity index (χ0n) is 31.3. The van der Waals surface area contributed by atoms with Gasteiger partial charge in [-0.2, -0.15) is 19.9 Å². The van der Waals surface area contributed by atoms with Crippen LogP contribution in [0, 0.1) is 0 Å². The standard InChI is InChI=1S/C35H46Cl2N14O7/c36-33-45-29(25-31(47-33)50(14-38-25)20-6-5-18(9-20)40-23(54)12-52)41-16-1-3-17(4-2-16)43-35(58)49-8-7-19(11-49)42-30-26-32(48-34(37)46-30)51(15-39-26)22-10-21(27(56)28(22)57)44-24(55)13-53/h14-22,27-28,52-53,56-57H,1-13H2,(H,40,54)(H,43,58)(H,44,55)(H,41,45,47)(H,42,46,48)/t16-,17-,18-,19-,20+,21+,22-,27-,28+/m1/s1. The Kier molecular flexibility index (Phi) is 11.7. The predicted octanol–water partition coefficient (Wildman–Crippen LogP) is 0.238. The lowest BCUT2D eigenvalue weighted by molar-refractivity contribution is -0.125. The number of imidazole rings is 2. The molecule has 0 unspecified atom stereocenters. The number of hydrogen-bond donors (Lipinski definition) is 9. The molecule has 312 valence electrons. The van der Waals surface area contributed by atoms with E-state index in [2.05, 4.69) is 56.5 Å². The molecule has 23 heteroatoms. The minimum atomic E-state index is -1.27. The Balaban J connectivity index is 0.835. The van der Waals surface area contributed by atoms with Crippen molar-refractivity contribution >= 4 is 75.0 Å². The maximum Gasteiger partial charge on any atom is 0.317 e. The molecule has 8 rings (SSSR count). The van der Waals surface area contributed by atoms with Crippen molar-refractivity contribution in [2.75, 3.05) is 36.9 Å². The van der Waals surface area contributed by atoms with E-state index in [9.17, 15) is 24.6 Å². The van der Waals surface area contributed by atoms with E-state index in [4.69, 9.17) is 33.4 Å². The van der Waals surface area contributed by atoms with Gasteiger partial charge in [0, 0.05) is 43.3 Å². The maximum atomic E-state index is 13.4. The first-order valence-electron chi connectivity index (χ1n) is 19.5. The van der Waals surface area contributed by atoms with E-state index in [1.54, 1.807) is 15.8 Å². The summed E-state index contributed by atoms with van der Waals surface area (Å²) >= 11 is 12.7. The first kappa shape index (κ1) is 40.1. The van der Waals surface area contributed by atoms with Gasteiger partial charge in [-0.15, -0.1) is 0 Å². The topological polar surface area (TPSA) is 283 Å². The molecule has 21 nitrogen and oxygen atoms in total. The zero-order valence-corrected chi connectivity index (χ0v) is 32.8. The Morgan fingerprint density at radius 2 is 1.26 bits per heavy atom. The number of fused-ring (bicyclic) bond motifs is 2. The molecule has 0 aromatic carbocycles. The molecule has 1 saturated heterocycles. The van der Waals surface area contributed by atoms with Crippen molar-refractivity contribution in [2.24, 2.45) is 0 Å². The highest BCUT2D eigenvalue weighted by Gasteiger charge is 2.44. The SMILES string of the molecule is O=C(CO)N[C@@H]1CC[C@H](n2cnc3c(N[C@H]4CC[C@H](NC(=O)N5CC[C@@H](Nc6nc(Cl)nc7c6ncn7[C@@H]6C[C@H](NC(=O)CO)[C@@H](O)[C@H]6O)C5)CC4)nc(Cl)nc32)C1. The Hall–Kier alpha value is -4.67. The summed E-state index contributed by atoms with van der Waals surface area (Å²) in [5, 5.41) is 55.1. The molecule has 0 radical (unpaired) electrons. The maximum absolute atomic E-state index is 13.4. The molecular weight excluding hydrogens is 799 g/mol. The van der Waals surface area contributed by atoms with Crippen molar-refractivity contribution in [1.82, 2.24) is 59.9 Å². The molecule has 0 bridgehead atoms. The molecule has 4 amide bonds. The number of nitrogens with zero attached hydrogens (tertiary/aromatic N) is 9. The lowest BCUT2D eigenvalue weighted by atomic mass is 9.91. The lowest BCUT2D eigenvalue weighted by Gasteiger charge is -2.31. The summed E-state index contributed by atoms with van der Waals surface area (Å²) in [6.45, 7) is -0.331. The largest absolute Gasteiger partial charge is 0.388 e. The Labute approximate surface area is 341 Å². The number of anilines is 2.